The van der Waals surface area contributed by atoms with Crippen molar-refractivity contribution in [1.82, 2.24) is 0 Å². The zero-order chi connectivity index (χ0) is 14.1. The fourth-order valence-corrected chi connectivity index (χ4v) is 2.37. The molecule has 1 aromatic heterocycles. The summed E-state index contributed by atoms with van der Waals surface area (Å²) in [6.45, 7) is 0.230. The molecule has 1 N–H and O–H groups in total. The summed E-state index contributed by atoms with van der Waals surface area (Å²) in [6, 6.07) is 11.0. The van der Waals surface area contributed by atoms with Crippen LogP contribution in [0.2, 0.25) is 0 Å². The van der Waals surface area contributed by atoms with Crippen LogP contribution in [0.3, 0.4) is 0 Å². The minimum absolute atomic E-state index is 0.0648. The first-order valence-electron chi connectivity index (χ1n) is 6.32. The molecule has 0 radical (unpaired) electrons. The van der Waals surface area contributed by atoms with Gasteiger partial charge in [0.05, 0.1) is 12.2 Å². The highest BCUT2D eigenvalue weighted by Gasteiger charge is 2.34. The van der Waals surface area contributed by atoms with Crippen molar-refractivity contribution in [1.29, 1.82) is 0 Å². The van der Waals surface area contributed by atoms with E-state index < -0.39 is 11.9 Å². The molecule has 1 unspecified atom stereocenters. The third kappa shape index (κ3) is 2.18. The normalized spacial score (nSPS) is 18.5. The molecule has 1 atom stereocenters. The summed E-state index contributed by atoms with van der Waals surface area (Å²) in [6.07, 6.45) is 1.67. The molecule has 1 fully saturated rings. The molecule has 5 nitrogen and oxygen atoms in total. The van der Waals surface area contributed by atoms with E-state index in [4.69, 9.17) is 9.52 Å². The fourth-order valence-electron chi connectivity index (χ4n) is 2.37. The number of hydrogen-bond acceptors (Lipinski definition) is 3. The van der Waals surface area contributed by atoms with Gasteiger partial charge in [0.15, 0.2) is 0 Å². The lowest BCUT2D eigenvalue weighted by atomic mass is 10.1. The second-order valence-corrected chi connectivity index (χ2v) is 4.77. The van der Waals surface area contributed by atoms with Crippen LogP contribution in [0.25, 0.3) is 11.3 Å². The summed E-state index contributed by atoms with van der Waals surface area (Å²) in [5.41, 5.74) is 1.63. The molecule has 0 spiro atoms. The van der Waals surface area contributed by atoms with Crippen molar-refractivity contribution in [3.63, 3.8) is 0 Å². The summed E-state index contributed by atoms with van der Waals surface area (Å²) in [4.78, 5) is 24.3. The number of carbonyl (C=O) groups excluding carboxylic acids is 1. The lowest BCUT2D eigenvalue weighted by Gasteiger charge is -2.16. The summed E-state index contributed by atoms with van der Waals surface area (Å²) in [7, 11) is 0. The molecule has 0 saturated carbocycles. The van der Waals surface area contributed by atoms with Crippen LogP contribution >= 0.6 is 0 Å². The van der Waals surface area contributed by atoms with E-state index in [1.54, 1.807) is 18.4 Å². The quantitative estimate of drug-likeness (QED) is 0.930. The Bertz CT molecular complexity index is 630. The van der Waals surface area contributed by atoms with E-state index >= 15 is 0 Å². The van der Waals surface area contributed by atoms with E-state index in [0.717, 1.165) is 11.3 Å². The number of nitrogens with zero attached hydrogens (tertiary/aromatic N) is 1. The van der Waals surface area contributed by atoms with Gasteiger partial charge in [-0.1, -0.05) is 0 Å². The van der Waals surface area contributed by atoms with Crippen LogP contribution in [0.4, 0.5) is 5.69 Å². The molecule has 3 rings (SSSR count). The maximum absolute atomic E-state index is 11.8. The van der Waals surface area contributed by atoms with E-state index in [0.29, 0.717) is 5.69 Å². The van der Waals surface area contributed by atoms with Gasteiger partial charge in [0, 0.05) is 24.2 Å². The number of amides is 1. The fraction of sp³-hybridized carbons (Fsp3) is 0.200. The van der Waals surface area contributed by atoms with Gasteiger partial charge in [-0.05, 0) is 36.4 Å². The predicted molar refractivity (Wildman–Crippen MR) is 72.2 cm³/mol. The second-order valence-electron chi connectivity index (χ2n) is 4.77. The van der Waals surface area contributed by atoms with Gasteiger partial charge in [-0.2, -0.15) is 0 Å². The summed E-state index contributed by atoms with van der Waals surface area (Å²) in [5, 5.41) is 8.97. The summed E-state index contributed by atoms with van der Waals surface area (Å²) < 4.78 is 5.30. The SMILES string of the molecule is O=C(O)C1CC(=O)N(c2ccc(-c3ccco3)cc2)C1. The van der Waals surface area contributed by atoms with Gasteiger partial charge in [0.25, 0.3) is 0 Å². The maximum Gasteiger partial charge on any atom is 0.308 e. The average Bonchev–Trinajstić information content (AvgIpc) is 3.08. The van der Waals surface area contributed by atoms with Crippen molar-refractivity contribution >= 4 is 17.6 Å². The molecule has 1 saturated heterocycles. The highest BCUT2D eigenvalue weighted by Crippen LogP contribution is 2.28. The first-order chi connectivity index (χ1) is 9.65. The van der Waals surface area contributed by atoms with Crippen molar-refractivity contribution in [2.45, 2.75) is 6.42 Å². The van der Waals surface area contributed by atoms with Crippen molar-refractivity contribution in [3.05, 3.63) is 42.7 Å². The molecule has 1 amide bonds. The Hall–Kier alpha value is -2.56. The first-order valence-corrected chi connectivity index (χ1v) is 6.32. The molecule has 1 aliphatic rings. The number of aliphatic carboxylic acids is 1. The minimum atomic E-state index is -0.923. The van der Waals surface area contributed by atoms with Crippen molar-refractivity contribution in [2.24, 2.45) is 5.92 Å². The predicted octanol–water partition coefficient (Wildman–Crippen LogP) is 2.38. The number of furan rings is 1. The highest BCUT2D eigenvalue weighted by atomic mass is 16.4. The largest absolute Gasteiger partial charge is 0.481 e. The zero-order valence-corrected chi connectivity index (χ0v) is 10.7. The Morgan fingerprint density at radius 3 is 2.55 bits per heavy atom. The number of carbonyl (C=O) groups is 2. The Morgan fingerprint density at radius 2 is 2.00 bits per heavy atom. The topological polar surface area (TPSA) is 70.8 Å². The molecular formula is C15H13NO4. The number of benzene rings is 1. The van der Waals surface area contributed by atoms with Crippen molar-refractivity contribution in [2.75, 3.05) is 11.4 Å². The maximum atomic E-state index is 11.8. The summed E-state index contributed by atoms with van der Waals surface area (Å²) in [5.74, 6) is -0.934. The van der Waals surface area contributed by atoms with Crippen LogP contribution in [0.5, 0.6) is 0 Å². The van der Waals surface area contributed by atoms with Crippen molar-refractivity contribution < 1.29 is 19.1 Å². The average molecular weight is 271 g/mol. The Morgan fingerprint density at radius 1 is 1.25 bits per heavy atom. The van der Waals surface area contributed by atoms with Gasteiger partial charge >= 0.3 is 5.97 Å². The lowest BCUT2D eigenvalue weighted by molar-refractivity contribution is -0.141. The molecule has 1 aromatic carbocycles. The van der Waals surface area contributed by atoms with Crippen LogP contribution in [-0.4, -0.2) is 23.5 Å². The van der Waals surface area contributed by atoms with Crippen LogP contribution < -0.4 is 4.90 Å². The standard InChI is InChI=1S/C15H13NO4/c17-14-8-11(15(18)19)9-16(14)12-5-3-10(4-6-12)13-2-1-7-20-13/h1-7,11H,8-9H2,(H,18,19). The first kappa shape index (κ1) is 12.5. The lowest BCUT2D eigenvalue weighted by Crippen LogP contribution is -2.25. The molecule has 0 bridgehead atoms. The Kier molecular flexibility index (Phi) is 3.02. The van der Waals surface area contributed by atoms with Gasteiger partial charge in [-0.15, -0.1) is 0 Å². The van der Waals surface area contributed by atoms with Crippen LogP contribution in [-0.2, 0) is 9.59 Å². The minimum Gasteiger partial charge on any atom is -0.481 e. The van der Waals surface area contributed by atoms with Gasteiger partial charge in [-0.3, -0.25) is 9.59 Å². The zero-order valence-electron chi connectivity index (χ0n) is 10.7. The van der Waals surface area contributed by atoms with Crippen molar-refractivity contribution in [3.8, 4) is 11.3 Å². The Balaban J connectivity index is 1.82. The van der Waals surface area contributed by atoms with E-state index in [1.807, 2.05) is 24.3 Å². The molecular weight excluding hydrogens is 258 g/mol. The third-order valence-corrected chi connectivity index (χ3v) is 3.46. The highest BCUT2D eigenvalue weighted by molar-refractivity contribution is 5.99. The smallest absolute Gasteiger partial charge is 0.308 e. The summed E-state index contributed by atoms with van der Waals surface area (Å²) >= 11 is 0. The molecule has 20 heavy (non-hydrogen) atoms. The van der Waals surface area contributed by atoms with Gasteiger partial charge < -0.3 is 14.4 Å². The molecule has 5 heteroatoms. The molecule has 2 heterocycles. The molecule has 1 aliphatic heterocycles. The number of carboxylic acid groups (broad SMARTS) is 1. The van der Waals surface area contributed by atoms with Crippen LogP contribution in [0, 0.1) is 5.92 Å². The van der Waals surface area contributed by atoms with E-state index in [-0.39, 0.29) is 18.9 Å². The molecule has 0 aliphatic carbocycles. The number of hydrogen-bond donors (Lipinski definition) is 1. The number of rotatable bonds is 3. The number of anilines is 1. The van der Waals surface area contributed by atoms with Crippen LogP contribution in [0.1, 0.15) is 6.42 Å². The molecule has 102 valence electrons. The van der Waals surface area contributed by atoms with E-state index in [2.05, 4.69) is 0 Å². The third-order valence-electron chi connectivity index (χ3n) is 3.46. The van der Waals surface area contributed by atoms with Crippen LogP contribution in [0.15, 0.2) is 47.1 Å². The van der Waals surface area contributed by atoms with E-state index in [1.165, 1.54) is 4.90 Å². The second kappa shape index (κ2) is 4.85. The van der Waals surface area contributed by atoms with Gasteiger partial charge in [-0.25, -0.2) is 0 Å². The van der Waals surface area contributed by atoms with Gasteiger partial charge in [0.1, 0.15) is 5.76 Å². The number of carboxylic acids is 1. The monoisotopic (exact) mass is 271 g/mol. The Labute approximate surface area is 115 Å². The molecule has 2 aromatic rings. The van der Waals surface area contributed by atoms with E-state index in [9.17, 15) is 9.59 Å². The van der Waals surface area contributed by atoms with Gasteiger partial charge in [0.2, 0.25) is 5.91 Å².